The van der Waals surface area contributed by atoms with Gasteiger partial charge in [-0.25, -0.2) is 0 Å². The van der Waals surface area contributed by atoms with E-state index in [-0.39, 0.29) is 0 Å². The van der Waals surface area contributed by atoms with Crippen LogP contribution in [0.3, 0.4) is 0 Å². The fraction of sp³-hybridized carbons (Fsp3) is 0. The fourth-order valence-electron chi connectivity index (χ4n) is 1.39. The molecule has 2 aromatic rings. The van der Waals surface area contributed by atoms with Crippen molar-refractivity contribution in [2.75, 3.05) is 5.32 Å². The van der Waals surface area contributed by atoms with Gasteiger partial charge in [0.05, 0.1) is 16.8 Å². The molecule has 0 aliphatic carbocycles. The number of anilines is 2. The Labute approximate surface area is 85.6 Å². The van der Waals surface area contributed by atoms with Gasteiger partial charge in [-0.1, -0.05) is 23.9 Å². The van der Waals surface area contributed by atoms with E-state index in [1.165, 1.54) is 4.90 Å². The number of fused-ring (bicyclic) bond motifs is 2. The third kappa shape index (κ3) is 1.15. The van der Waals surface area contributed by atoms with Gasteiger partial charge in [0, 0.05) is 4.90 Å². The normalized spacial score (nSPS) is 12.6. The average Bonchev–Trinajstić information content (AvgIpc) is 2.26. The summed E-state index contributed by atoms with van der Waals surface area (Å²) < 4.78 is 0. The van der Waals surface area contributed by atoms with Gasteiger partial charge in [0.1, 0.15) is 0 Å². The molecule has 4 heteroatoms. The number of nitrogens with zero attached hydrogens (tertiary/aromatic N) is 2. The molecule has 0 radical (unpaired) electrons. The summed E-state index contributed by atoms with van der Waals surface area (Å²) >= 11 is 1.72. The van der Waals surface area contributed by atoms with Gasteiger partial charge in [0.25, 0.3) is 0 Å². The van der Waals surface area contributed by atoms with Crippen LogP contribution >= 0.6 is 11.8 Å². The molecule has 0 saturated carbocycles. The van der Waals surface area contributed by atoms with Gasteiger partial charge in [-0.3, -0.25) is 0 Å². The standard InChI is InChI=1S/C10H7N3S/c1-2-4-8-7(3-1)12-10-9(14-8)5-6-11-13-10/h1-6H,(H,12,13). The number of rotatable bonds is 0. The topological polar surface area (TPSA) is 37.8 Å². The van der Waals surface area contributed by atoms with E-state index in [4.69, 9.17) is 0 Å². The molecule has 3 rings (SSSR count). The van der Waals surface area contributed by atoms with Crippen molar-refractivity contribution in [3.8, 4) is 0 Å². The van der Waals surface area contributed by atoms with E-state index in [0.29, 0.717) is 0 Å². The highest BCUT2D eigenvalue weighted by atomic mass is 32.2. The molecular weight excluding hydrogens is 194 g/mol. The first-order valence-corrected chi connectivity index (χ1v) is 5.11. The van der Waals surface area contributed by atoms with E-state index in [9.17, 15) is 0 Å². The summed E-state index contributed by atoms with van der Waals surface area (Å²) in [5.41, 5.74) is 1.10. The second kappa shape index (κ2) is 2.99. The molecule has 0 atom stereocenters. The lowest BCUT2D eigenvalue weighted by molar-refractivity contribution is 0.998. The zero-order valence-corrected chi connectivity index (χ0v) is 8.08. The fourth-order valence-corrected chi connectivity index (χ4v) is 2.32. The Morgan fingerprint density at radius 2 is 2.00 bits per heavy atom. The highest BCUT2D eigenvalue weighted by Gasteiger charge is 2.15. The molecular formula is C10H7N3S. The van der Waals surface area contributed by atoms with Crippen LogP contribution in [0.1, 0.15) is 0 Å². The number of para-hydroxylation sites is 1. The Balaban J connectivity index is 2.12. The van der Waals surface area contributed by atoms with Gasteiger partial charge in [-0.05, 0) is 18.2 Å². The first-order chi connectivity index (χ1) is 6.93. The van der Waals surface area contributed by atoms with Gasteiger partial charge in [0.2, 0.25) is 0 Å². The summed E-state index contributed by atoms with van der Waals surface area (Å²) in [4.78, 5) is 2.35. The Morgan fingerprint density at radius 1 is 1.07 bits per heavy atom. The Kier molecular flexibility index (Phi) is 1.67. The van der Waals surface area contributed by atoms with E-state index in [2.05, 4.69) is 21.6 Å². The number of hydrogen-bond donors (Lipinski definition) is 1. The number of hydrogen-bond acceptors (Lipinski definition) is 4. The molecule has 1 N–H and O–H groups in total. The Hall–Kier alpha value is -1.55. The van der Waals surface area contributed by atoms with Crippen molar-refractivity contribution in [3.05, 3.63) is 36.5 Å². The van der Waals surface area contributed by atoms with Crippen LogP contribution in [0.5, 0.6) is 0 Å². The van der Waals surface area contributed by atoms with Crippen LogP contribution in [0.2, 0.25) is 0 Å². The second-order valence-electron chi connectivity index (χ2n) is 2.97. The molecule has 0 saturated heterocycles. The first-order valence-electron chi connectivity index (χ1n) is 4.29. The lowest BCUT2D eigenvalue weighted by atomic mass is 10.3. The summed E-state index contributed by atoms with van der Waals surface area (Å²) in [5, 5.41) is 11.1. The maximum atomic E-state index is 4.04. The molecule has 0 amide bonds. The van der Waals surface area contributed by atoms with Crippen molar-refractivity contribution in [1.29, 1.82) is 0 Å². The van der Waals surface area contributed by atoms with Gasteiger partial charge in [-0.2, -0.15) is 5.10 Å². The first kappa shape index (κ1) is 7.82. The predicted octanol–water partition coefficient (Wildman–Crippen LogP) is 2.68. The zero-order valence-electron chi connectivity index (χ0n) is 7.27. The van der Waals surface area contributed by atoms with Crippen molar-refractivity contribution in [1.82, 2.24) is 10.2 Å². The minimum absolute atomic E-state index is 0.844. The van der Waals surface area contributed by atoms with E-state index < -0.39 is 0 Å². The van der Waals surface area contributed by atoms with Crippen molar-refractivity contribution in [2.45, 2.75) is 9.79 Å². The largest absolute Gasteiger partial charge is 0.337 e. The van der Waals surface area contributed by atoms with E-state index in [1.54, 1.807) is 18.0 Å². The quantitative estimate of drug-likeness (QED) is 0.606. The van der Waals surface area contributed by atoms with Crippen LogP contribution in [0.4, 0.5) is 11.5 Å². The molecule has 0 bridgehead atoms. The van der Waals surface area contributed by atoms with Crippen LogP contribution in [0.25, 0.3) is 0 Å². The smallest absolute Gasteiger partial charge is 0.167 e. The summed E-state index contributed by atoms with van der Waals surface area (Å²) in [5.74, 6) is 0.844. The van der Waals surface area contributed by atoms with Crippen molar-refractivity contribution in [2.24, 2.45) is 0 Å². The molecule has 2 heterocycles. The number of aromatic nitrogens is 2. The summed E-state index contributed by atoms with van der Waals surface area (Å²) in [6.45, 7) is 0. The van der Waals surface area contributed by atoms with Gasteiger partial charge < -0.3 is 5.32 Å². The third-order valence-electron chi connectivity index (χ3n) is 2.04. The van der Waals surface area contributed by atoms with Crippen molar-refractivity contribution in [3.63, 3.8) is 0 Å². The SMILES string of the molecule is c1ccc2c(c1)Nc1nnccc1S2. The second-order valence-corrected chi connectivity index (χ2v) is 4.05. The predicted molar refractivity (Wildman–Crippen MR) is 55.9 cm³/mol. The van der Waals surface area contributed by atoms with Crippen LogP contribution < -0.4 is 5.32 Å². The molecule has 68 valence electrons. The van der Waals surface area contributed by atoms with Crippen LogP contribution in [-0.2, 0) is 0 Å². The molecule has 0 spiro atoms. The Morgan fingerprint density at radius 3 is 3.00 bits per heavy atom. The highest BCUT2D eigenvalue weighted by Crippen LogP contribution is 2.42. The van der Waals surface area contributed by atoms with E-state index in [0.717, 1.165) is 16.4 Å². The van der Waals surface area contributed by atoms with Gasteiger partial charge in [-0.15, -0.1) is 5.10 Å². The van der Waals surface area contributed by atoms with Crippen LogP contribution in [0.15, 0.2) is 46.3 Å². The van der Waals surface area contributed by atoms with E-state index >= 15 is 0 Å². The molecule has 14 heavy (non-hydrogen) atoms. The van der Waals surface area contributed by atoms with Crippen LogP contribution in [-0.4, -0.2) is 10.2 Å². The van der Waals surface area contributed by atoms with Crippen LogP contribution in [0, 0.1) is 0 Å². The molecule has 0 unspecified atom stereocenters. The van der Waals surface area contributed by atoms with Gasteiger partial charge in [0.15, 0.2) is 5.82 Å². The highest BCUT2D eigenvalue weighted by molar-refractivity contribution is 7.99. The van der Waals surface area contributed by atoms with Crippen molar-refractivity contribution < 1.29 is 0 Å². The molecule has 1 aliphatic heterocycles. The maximum Gasteiger partial charge on any atom is 0.167 e. The molecule has 3 nitrogen and oxygen atoms in total. The summed E-state index contributed by atoms with van der Waals surface area (Å²) in [6.07, 6.45) is 1.71. The number of benzene rings is 1. The third-order valence-corrected chi connectivity index (χ3v) is 3.17. The lowest BCUT2D eigenvalue weighted by Crippen LogP contribution is -2.02. The molecule has 0 fully saturated rings. The monoisotopic (exact) mass is 201 g/mol. The number of nitrogens with one attached hydrogen (secondary N) is 1. The minimum atomic E-state index is 0.844. The average molecular weight is 201 g/mol. The summed E-state index contributed by atoms with van der Waals surface area (Å²) in [7, 11) is 0. The zero-order chi connectivity index (χ0) is 9.38. The molecule has 1 aromatic carbocycles. The van der Waals surface area contributed by atoms with E-state index in [1.807, 2.05) is 24.3 Å². The summed E-state index contributed by atoms with van der Waals surface area (Å²) in [6, 6.07) is 10.1. The minimum Gasteiger partial charge on any atom is -0.337 e. The van der Waals surface area contributed by atoms with Crippen molar-refractivity contribution >= 4 is 23.3 Å². The maximum absolute atomic E-state index is 4.04. The van der Waals surface area contributed by atoms with Gasteiger partial charge >= 0.3 is 0 Å². The molecule has 1 aliphatic rings. The lowest BCUT2D eigenvalue weighted by Gasteiger charge is -2.18. The Bertz CT molecular complexity index is 397. The molecule has 1 aromatic heterocycles.